The Labute approximate surface area is 162 Å². The summed E-state index contributed by atoms with van der Waals surface area (Å²) in [6.45, 7) is 9.12. The standard InChI is InChI=1S/C20H31N3O3S/c1-14-9-15(2)13-23(12-14)27(25,26)18-6-4-5-17(10-18)20(24)22-19-7-8-21-11-16(19)3/h4-6,10,14-16,19,21H,7-9,11-13H2,1-3H3,(H,22,24). The molecule has 4 unspecified atom stereocenters. The molecule has 2 fully saturated rings. The van der Waals surface area contributed by atoms with Gasteiger partial charge < -0.3 is 10.6 Å². The maximum atomic E-state index is 13.1. The summed E-state index contributed by atoms with van der Waals surface area (Å²) in [6, 6.07) is 6.55. The van der Waals surface area contributed by atoms with Crippen LogP contribution in [-0.2, 0) is 10.0 Å². The second kappa shape index (κ2) is 8.29. The fourth-order valence-corrected chi connectivity index (χ4v) is 5.96. The van der Waals surface area contributed by atoms with Crippen LogP contribution in [-0.4, -0.2) is 50.9 Å². The van der Waals surface area contributed by atoms with Crippen molar-refractivity contribution in [1.82, 2.24) is 14.9 Å². The Kier molecular flexibility index (Phi) is 6.23. The van der Waals surface area contributed by atoms with Crippen molar-refractivity contribution in [3.05, 3.63) is 29.8 Å². The molecule has 1 aromatic rings. The highest BCUT2D eigenvalue weighted by Gasteiger charge is 2.32. The zero-order valence-electron chi connectivity index (χ0n) is 16.4. The van der Waals surface area contributed by atoms with Crippen LogP contribution in [0.15, 0.2) is 29.2 Å². The van der Waals surface area contributed by atoms with Crippen LogP contribution in [0.25, 0.3) is 0 Å². The molecule has 150 valence electrons. The Balaban J connectivity index is 1.77. The molecular formula is C20H31N3O3S. The van der Waals surface area contributed by atoms with Gasteiger partial charge in [0, 0.05) is 24.7 Å². The average molecular weight is 394 g/mol. The van der Waals surface area contributed by atoms with Crippen molar-refractivity contribution >= 4 is 15.9 Å². The molecule has 0 aromatic heterocycles. The van der Waals surface area contributed by atoms with E-state index in [-0.39, 0.29) is 16.8 Å². The van der Waals surface area contributed by atoms with Crippen LogP contribution in [0.2, 0.25) is 0 Å². The summed E-state index contributed by atoms with van der Waals surface area (Å²) in [5.41, 5.74) is 0.403. The molecule has 3 rings (SSSR count). The molecule has 0 aliphatic carbocycles. The fraction of sp³-hybridized carbons (Fsp3) is 0.650. The minimum Gasteiger partial charge on any atom is -0.349 e. The van der Waals surface area contributed by atoms with E-state index in [0.29, 0.717) is 36.4 Å². The van der Waals surface area contributed by atoms with Crippen LogP contribution >= 0.6 is 0 Å². The predicted octanol–water partition coefficient (Wildman–Crippen LogP) is 2.08. The molecule has 6 nitrogen and oxygen atoms in total. The highest BCUT2D eigenvalue weighted by molar-refractivity contribution is 7.89. The minimum atomic E-state index is -3.58. The van der Waals surface area contributed by atoms with Gasteiger partial charge in [0.15, 0.2) is 0 Å². The summed E-state index contributed by atoms with van der Waals surface area (Å²) < 4.78 is 27.7. The number of amides is 1. The van der Waals surface area contributed by atoms with E-state index in [0.717, 1.165) is 25.9 Å². The Hall–Kier alpha value is -1.44. The summed E-state index contributed by atoms with van der Waals surface area (Å²) in [4.78, 5) is 12.9. The molecule has 2 heterocycles. The first-order valence-corrected chi connectivity index (χ1v) is 11.3. The first kappa shape index (κ1) is 20.3. The molecular weight excluding hydrogens is 362 g/mol. The van der Waals surface area contributed by atoms with Crippen molar-refractivity contribution in [3.63, 3.8) is 0 Å². The number of benzene rings is 1. The van der Waals surface area contributed by atoms with Gasteiger partial charge in [-0.25, -0.2) is 8.42 Å². The highest BCUT2D eigenvalue weighted by Crippen LogP contribution is 2.27. The van der Waals surface area contributed by atoms with Crippen LogP contribution in [0.4, 0.5) is 0 Å². The number of rotatable bonds is 4. The maximum Gasteiger partial charge on any atom is 0.251 e. The van der Waals surface area contributed by atoms with E-state index >= 15 is 0 Å². The Morgan fingerprint density at radius 1 is 1.19 bits per heavy atom. The molecule has 2 aliphatic heterocycles. The van der Waals surface area contributed by atoms with Gasteiger partial charge in [0.1, 0.15) is 0 Å². The van der Waals surface area contributed by atoms with Crippen LogP contribution in [0.5, 0.6) is 0 Å². The second-order valence-corrected chi connectivity index (χ2v) is 10.3. The van der Waals surface area contributed by atoms with Gasteiger partial charge in [0.05, 0.1) is 4.90 Å². The predicted molar refractivity (Wildman–Crippen MR) is 106 cm³/mol. The molecule has 1 amide bonds. The van der Waals surface area contributed by atoms with Gasteiger partial charge in [0.2, 0.25) is 10.0 Å². The van der Waals surface area contributed by atoms with Gasteiger partial charge in [-0.05, 0) is 61.9 Å². The molecule has 0 radical (unpaired) electrons. The largest absolute Gasteiger partial charge is 0.349 e. The quantitative estimate of drug-likeness (QED) is 0.821. The van der Waals surface area contributed by atoms with E-state index < -0.39 is 10.0 Å². The van der Waals surface area contributed by atoms with Crippen LogP contribution in [0.3, 0.4) is 0 Å². The van der Waals surface area contributed by atoms with Gasteiger partial charge in [0.25, 0.3) is 5.91 Å². The van der Waals surface area contributed by atoms with Gasteiger partial charge in [-0.1, -0.05) is 26.8 Å². The number of sulfonamides is 1. The third-order valence-electron chi connectivity index (χ3n) is 5.67. The summed E-state index contributed by atoms with van der Waals surface area (Å²) in [6.07, 6.45) is 1.93. The van der Waals surface area contributed by atoms with Crippen molar-refractivity contribution in [2.75, 3.05) is 26.2 Å². The first-order valence-electron chi connectivity index (χ1n) is 9.89. The van der Waals surface area contributed by atoms with E-state index in [1.54, 1.807) is 22.5 Å². The normalized spacial score (nSPS) is 30.0. The average Bonchev–Trinajstić information content (AvgIpc) is 2.63. The monoisotopic (exact) mass is 393 g/mol. The Morgan fingerprint density at radius 2 is 1.89 bits per heavy atom. The van der Waals surface area contributed by atoms with Crippen molar-refractivity contribution in [1.29, 1.82) is 0 Å². The van der Waals surface area contributed by atoms with Crippen molar-refractivity contribution in [2.24, 2.45) is 17.8 Å². The Morgan fingerprint density at radius 3 is 2.56 bits per heavy atom. The number of carbonyl (C=O) groups excluding carboxylic acids is 1. The number of carbonyl (C=O) groups is 1. The number of hydrogen-bond donors (Lipinski definition) is 2. The molecule has 7 heteroatoms. The summed E-state index contributed by atoms with van der Waals surface area (Å²) in [5.74, 6) is 0.838. The zero-order chi connectivity index (χ0) is 19.6. The SMILES string of the molecule is CC1CC(C)CN(S(=O)(=O)c2cccc(C(=O)NC3CCNCC3C)c2)C1. The zero-order valence-corrected chi connectivity index (χ0v) is 17.3. The molecule has 0 saturated carbocycles. The summed E-state index contributed by atoms with van der Waals surface area (Å²) >= 11 is 0. The minimum absolute atomic E-state index is 0.114. The lowest BCUT2D eigenvalue weighted by atomic mass is 9.94. The highest BCUT2D eigenvalue weighted by atomic mass is 32.2. The van der Waals surface area contributed by atoms with E-state index in [2.05, 4.69) is 31.4 Å². The lowest BCUT2D eigenvalue weighted by Crippen LogP contribution is -2.48. The molecule has 0 bridgehead atoms. The molecule has 0 spiro atoms. The van der Waals surface area contributed by atoms with Crippen LogP contribution < -0.4 is 10.6 Å². The molecule has 27 heavy (non-hydrogen) atoms. The molecule has 1 aromatic carbocycles. The third-order valence-corrected chi connectivity index (χ3v) is 7.50. The number of nitrogens with one attached hydrogen (secondary N) is 2. The fourth-order valence-electron chi connectivity index (χ4n) is 4.23. The van der Waals surface area contributed by atoms with Crippen LogP contribution in [0, 0.1) is 17.8 Å². The lowest BCUT2D eigenvalue weighted by Gasteiger charge is -2.34. The van der Waals surface area contributed by atoms with E-state index in [9.17, 15) is 13.2 Å². The van der Waals surface area contributed by atoms with Crippen LogP contribution in [0.1, 0.15) is 44.0 Å². The summed E-state index contributed by atoms with van der Waals surface area (Å²) in [5, 5.41) is 6.38. The smallest absolute Gasteiger partial charge is 0.251 e. The molecule has 2 N–H and O–H groups in total. The van der Waals surface area contributed by atoms with Crippen molar-refractivity contribution in [2.45, 2.75) is 44.6 Å². The number of nitrogens with zero attached hydrogens (tertiary/aromatic N) is 1. The Bertz CT molecular complexity index is 770. The topological polar surface area (TPSA) is 78.5 Å². The van der Waals surface area contributed by atoms with E-state index in [1.807, 2.05) is 0 Å². The molecule has 2 saturated heterocycles. The van der Waals surface area contributed by atoms with E-state index in [4.69, 9.17) is 0 Å². The first-order chi connectivity index (χ1) is 12.8. The van der Waals surface area contributed by atoms with Gasteiger partial charge >= 0.3 is 0 Å². The van der Waals surface area contributed by atoms with Crippen molar-refractivity contribution in [3.8, 4) is 0 Å². The maximum absolute atomic E-state index is 13.1. The number of piperidine rings is 2. The third kappa shape index (κ3) is 4.70. The van der Waals surface area contributed by atoms with Gasteiger partial charge in [-0.2, -0.15) is 4.31 Å². The van der Waals surface area contributed by atoms with Gasteiger partial charge in [-0.3, -0.25) is 4.79 Å². The number of hydrogen-bond acceptors (Lipinski definition) is 4. The summed E-state index contributed by atoms with van der Waals surface area (Å²) in [7, 11) is -3.58. The van der Waals surface area contributed by atoms with Crippen molar-refractivity contribution < 1.29 is 13.2 Å². The van der Waals surface area contributed by atoms with Gasteiger partial charge in [-0.15, -0.1) is 0 Å². The second-order valence-electron chi connectivity index (χ2n) is 8.35. The lowest BCUT2D eigenvalue weighted by molar-refractivity contribution is 0.0914. The van der Waals surface area contributed by atoms with E-state index in [1.165, 1.54) is 6.07 Å². The molecule has 4 atom stereocenters. The molecule has 2 aliphatic rings.